The summed E-state index contributed by atoms with van der Waals surface area (Å²) in [4.78, 5) is 15.3. The first-order valence-electron chi connectivity index (χ1n) is 7.16. The molecule has 2 N–H and O–H groups in total. The molecule has 0 saturated carbocycles. The minimum absolute atomic E-state index is 0.193. The second kappa shape index (κ2) is 6.34. The molecule has 21 heavy (non-hydrogen) atoms. The van der Waals surface area contributed by atoms with Crippen LogP contribution in [0.15, 0.2) is 11.4 Å². The van der Waals surface area contributed by atoms with Crippen LogP contribution in [0.3, 0.4) is 0 Å². The Bertz CT molecular complexity index is 495. The van der Waals surface area contributed by atoms with Gasteiger partial charge in [-0.15, -0.1) is 11.3 Å². The molecular weight excluding hydrogens is 288 g/mol. The lowest BCUT2D eigenvalue weighted by atomic mass is 9.99. The zero-order valence-corrected chi connectivity index (χ0v) is 13.9. The van der Waals surface area contributed by atoms with Gasteiger partial charge >= 0.3 is 6.09 Å². The molecule has 1 aliphatic rings. The van der Waals surface area contributed by atoms with Gasteiger partial charge in [0.2, 0.25) is 0 Å². The van der Waals surface area contributed by atoms with E-state index in [0.717, 1.165) is 5.56 Å². The average Bonchev–Trinajstić information content (AvgIpc) is 2.82. The van der Waals surface area contributed by atoms with E-state index in [1.807, 2.05) is 39.1 Å². The van der Waals surface area contributed by atoms with Crippen LogP contribution in [0.2, 0.25) is 0 Å². The van der Waals surface area contributed by atoms with Crippen molar-refractivity contribution >= 4 is 17.4 Å². The van der Waals surface area contributed by atoms with Crippen LogP contribution in [0.4, 0.5) is 4.79 Å². The minimum atomic E-state index is -0.512. The SMILES string of the molecule is Cc1sccc1C(N)C1COCCN1C(=O)OC(C)(C)C. The second-order valence-electron chi connectivity index (χ2n) is 6.27. The summed E-state index contributed by atoms with van der Waals surface area (Å²) in [7, 11) is 0. The van der Waals surface area contributed by atoms with Gasteiger partial charge in [0.1, 0.15) is 5.60 Å². The summed E-state index contributed by atoms with van der Waals surface area (Å²) in [5, 5.41) is 2.02. The lowest BCUT2D eigenvalue weighted by Crippen LogP contribution is -2.54. The predicted molar refractivity (Wildman–Crippen MR) is 83.5 cm³/mol. The monoisotopic (exact) mass is 312 g/mol. The molecule has 1 aromatic heterocycles. The maximum absolute atomic E-state index is 12.4. The number of rotatable bonds is 2. The van der Waals surface area contributed by atoms with Crippen molar-refractivity contribution in [3.63, 3.8) is 0 Å². The Kier molecular flexibility index (Phi) is 4.91. The number of thiophene rings is 1. The zero-order chi connectivity index (χ0) is 15.6. The second-order valence-corrected chi connectivity index (χ2v) is 7.39. The van der Waals surface area contributed by atoms with E-state index in [9.17, 15) is 4.79 Å². The number of carbonyl (C=O) groups excluding carboxylic acids is 1. The third-order valence-electron chi connectivity index (χ3n) is 3.47. The highest BCUT2D eigenvalue weighted by Gasteiger charge is 2.35. The summed E-state index contributed by atoms with van der Waals surface area (Å²) in [5.74, 6) is 0. The fourth-order valence-corrected chi connectivity index (χ4v) is 3.17. The summed E-state index contributed by atoms with van der Waals surface area (Å²) < 4.78 is 11.0. The van der Waals surface area contributed by atoms with Crippen LogP contribution in [0.5, 0.6) is 0 Å². The van der Waals surface area contributed by atoms with Crippen molar-refractivity contribution in [3.8, 4) is 0 Å². The van der Waals surface area contributed by atoms with Gasteiger partial charge in [-0.25, -0.2) is 4.79 Å². The lowest BCUT2D eigenvalue weighted by molar-refractivity contribution is -0.0382. The first-order chi connectivity index (χ1) is 9.79. The van der Waals surface area contributed by atoms with Crippen molar-refractivity contribution in [2.45, 2.75) is 45.4 Å². The number of nitrogens with zero attached hydrogens (tertiary/aromatic N) is 1. The highest BCUT2D eigenvalue weighted by Crippen LogP contribution is 2.28. The Balaban J connectivity index is 2.15. The summed E-state index contributed by atoms with van der Waals surface area (Å²) in [6.45, 7) is 9.11. The predicted octanol–water partition coefficient (Wildman–Crippen LogP) is 2.69. The summed E-state index contributed by atoms with van der Waals surface area (Å²) in [6.07, 6.45) is -0.320. The van der Waals surface area contributed by atoms with Gasteiger partial charge in [0.25, 0.3) is 0 Å². The third kappa shape index (κ3) is 3.96. The molecule has 0 bridgehead atoms. The smallest absolute Gasteiger partial charge is 0.410 e. The van der Waals surface area contributed by atoms with Crippen molar-refractivity contribution in [2.24, 2.45) is 5.73 Å². The Morgan fingerprint density at radius 1 is 1.57 bits per heavy atom. The molecule has 118 valence electrons. The fourth-order valence-electron chi connectivity index (χ4n) is 2.42. The molecule has 6 heteroatoms. The normalized spacial score (nSPS) is 21.2. The zero-order valence-electron chi connectivity index (χ0n) is 13.1. The molecule has 2 rings (SSSR count). The van der Waals surface area contributed by atoms with Crippen LogP contribution < -0.4 is 5.73 Å². The number of aryl methyl sites for hydroxylation is 1. The standard InChI is InChI=1S/C15H24N2O3S/c1-10-11(5-8-21-10)13(16)12-9-19-7-6-17(12)14(18)20-15(2,3)4/h5,8,12-13H,6-7,9,16H2,1-4H3. The molecule has 0 aliphatic carbocycles. The van der Waals surface area contributed by atoms with Gasteiger partial charge in [0, 0.05) is 11.4 Å². The van der Waals surface area contributed by atoms with Crippen LogP contribution in [0.25, 0.3) is 0 Å². The summed E-state index contributed by atoms with van der Waals surface area (Å²) in [5.41, 5.74) is 6.95. The van der Waals surface area contributed by atoms with Gasteiger partial charge in [-0.2, -0.15) is 0 Å². The van der Waals surface area contributed by atoms with Crippen molar-refractivity contribution in [3.05, 3.63) is 21.9 Å². The molecule has 1 aliphatic heterocycles. The van der Waals surface area contributed by atoms with E-state index in [4.69, 9.17) is 15.2 Å². The molecule has 1 saturated heterocycles. The number of hydrogen-bond acceptors (Lipinski definition) is 5. The molecule has 2 atom stereocenters. The average molecular weight is 312 g/mol. The Hall–Kier alpha value is -1.11. The number of hydrogen-bond donors (Lipinski definition) is 1. The lowest BCUT2D eigenvalue weighted by Gasteiger charge is -2.39. The first kappa shape index (κ1) is 16.3. The van der Waals surface area contributed by atoms with Gasteiger partial charge in [-0.1, -0.05) is 0 Å². The summed E-state index contributed by atoms with van der Waals surface area (Å²) >= 11 is 1.66. The molecule has 0 radical (unpaired) electrons. The maximum Gasteiger partial charge on any atom is 0.410 e. The largest absolute Gasteiger partial charge is 0.444 e. The number of morpholine rings is 1. The van der Waals surface area contributed by atoms with Crippen molar-refractivity contribution in [1.82, 2.24) is 4.90 Å². The maximum atomic E-state index is 12.4. The Morgan fingerprint density at radius 2 is 2.29 bits per heavy atom. The number of ether oxygens (including phenoxy) is 2. The third-order valence-corrected chi connectivity index (χ3v) is 4.33. The van der Waals surface area contributed by atoms with Crippen LogP contribution >= 0.6 is 11.3 Å². The highest BCUT2D eigenvalue weighted by molar-refractivity contribution is 7.10. The number of carbonyl (C=O) groups is 1. The quantitative estimate of drug-likeness (QED) is 0.912. The van der Waals surface area contributed by atoms with E-state index >= 15 is 0 Å². The number of nitrogens with two attached hydrogens (primary N) is 1. The molecule has 5 nitrogen and oxygen atoms in total. The van der Waals surface area contributed by atoms with E-state index in [-0.39, 0.29) is 18.2 Å². The van der Waals surface area contributed by atoms with Crippen molar-refractivity contribution in [2.75, 3.05) is 19.8 Å². The first-order valence-corrected chi connectivity index (χ1v) is 8.04. The molecule has 0 aromatic carbocycles. The van der Waals surface area contributed by atoms with Crippen LogP contribution in [-0.4, -0.2) is 42.4 Å². The minimum Gasteiger partial charge on any atom is -0.444 e. The van der Waals surface area contributed by atoms with Gasteiger partial charge in [0.15, 0.2) is 0 Å². The highest BCUT2D eigenvalue weighted by atomic mass is 32.1. The van der Waals surface area contributed by atoms with Gasteiger partial charge in [-0.05, 0) is 44.7 Å². The van der Waals surface area contributed by atoms with Crippen LogP contribution in [-0.2, 0) is 9.47 Å². The Morgan fingerprint density at radius 3 is 2.86 bits per heavy atom. The van der Waals surface area contributed by atoms with Gasteiger partial charge in [-0.3, -0.25) is 4.90 Å². The van der Waals surface area contributed by atoms with Crippen LogP contribution in [0, 0.1) is 6.92 Å². The van der Waals surface area contributed by atoms with E-state index in [0.29, 0.717) is 19.8 Å². The topological polar surface area (TPSA) is 64.8 Å². The Labute approximate surface area is 130 Å². The number of amides is 1. The molecule has 0 spiro atoms. The van der Waals surface area contributed by atoms with E-state index < -0.39 is 5.60 Å². The van der Waals surface area contributed by atoms with Crippen molar-refractivity contribution in [1.29, 1.82) is 0 Å². The summed E-state index contributed by atoms with van der Waals surface area (Å²) in [6, 6.07) is 1.57. The molecule has 1 amide bonds. The van der Waals surface area contributed by atoms with E-state index in [1.165, 1.54) is 4.88 Å². The van der Waals surface area contributed by atoms with E-state index in [2.05, 4.69) is 0 Å². The molecule has 1 aromatic rings. The fraction of sp³-hybridized carbons (Fsp3) is 0.667. The molecule has 2 unspecified atom stereocenters. The van der Waals surface area contributed by atoms with Gasteiger partial charge in [0.05, 0.1) is 25.3 Å². The van der Waals surface area contributed by atoms with E-state index in [1.54, 1.807) is 16.2 Å². The molecule has 2 heterocycles. The molecular formula is C15H24N2O3S. The van der Waals surface area contributed by atoms with Crippen molar-refractivity contribution < 1.29 is 14.3 Å². The molecule has 1 fully saturated rings. The van der Waals surface area contributed by atoms with Gasteiger partial charge < -0.3 is 15.2 Å². The van der Waals surface area contributed by atoms with Crippen LogP contribution in [0.1, 0.15) is 37.3 Å².